The van der Waals surface area contributed by atoms with Crippen LogP contribution in [0.25, 0.3) is 11.4 Å². The summed E-state index contributed by atoms with van der Waals surface area (Å²) in [5.74, 6) is 1.92. The van der Waals surface area contributed by atoms with E-state index in [4.69, 9.17) is 4.52 Å². The largest absolute Gasteiger partial charge is 0.362 e. The van der Waals surface area contributed by atoms with Crippen molar-refractivity contribution in [2.75, 3.05) is 5.32 Å². The van der Waals surface area contributed by atoms with Crippen LogP contribution in [-0.4, -0.2) is 20.1 Å². The molecule has 3 aromatic rings. The van der Waals surface area contributed by atoms with E-state index >= 15 is 0 Å². The second-order valence-corrected chi connectivity index (χ2v) is 4.72. The highest BCUT2D eigenvalue weighted by Gasteiger charge is 2.09. The number of rotatable bonds is 4. The average molecular weight is 281 g/mol. The van der Waals surface area contributed by atoms with Gasteiger partial charge in [-0.3, -0.25) is 4.98 Å². The lowest BCUT2D eigenvalue weighted by molar-refractivity contribution is 0.394. The van der Waals surface area contributed by atoms with Gasteiger partial charge in [0.1, 0.15) is 5.82 Å². The van der Waals surface area contributed by atoms with E-state index in [9.17, 15) is 0 Å². The van der Waals surface area contributed by atoms with Crippen molar-refractivity contribution in [1.82, 2.24) is 20.1 Å². The summed E-state index contributed by atoms with van der Waals surface area (Å²) in [6.07, 6.45) is 5.02. The van der Waals surface area contributed by atoms with Crippen LogP contribution >= 0.6 is 0 Å². The van der Waals surface area contributed by atoms with Gasteiger partial charge in [0.2, 0.25) is 11.7 Å². The molecular weight excluding hydrogens is 266 g/mol. The lowest BCUT2D eigenvalue weighted by Crippen LogP contribution is -2.07. The Kier molecular flexibility index (Phi) is 3.59. The quantitative estimate of drug-likeness (QED) is 0.792. The summed E-state index contributed by atoms with van der Waals surface area (Å²) in [4.78, 5) is 12.5. The molecule has 3 rings (SSSR count). The first kappa shape index (κ1) is 13.2. The van der Waals surface area contributed by atoms with Crippen molar-refractivity contribution in [3.63, 3.8) is 0 Å². The van der Waals surface area contributed by atoms with Crippen LogP contribution in [0.4, 0.5) is 5.82 Å². The van der Waals surface area contributed by atoms with Crippen LogP contribution in [0, 0.1) is 6.92 Å². The number of aromatic nitrogens is 4. The molecule has 0 radical (unpaired) electrons. The SMILES string of the molecule is Cc1nc(-c2ccc(C(C)Nc3cnccn3)cc2)no1. The third-order valence-corrected chi connectivity index (χ3v) is 3.12. The zero-order chi connectivity index (χ0) is 14.7. The summed E-state index contributed by atoms with van der Waals surface area (Å²) in [6, 6.07) is 8.16. The van der Waals surface area contributed by atoms with Gasteiger partial charge in [-0.1, -0.05) is 29.4 Å². The molecule has 1 atom stereocenters. The first-order valence-corrected chi connectivity index (χ1v) is 6.65. The Morgan fingerprint density at radius 3 is 2.57 bits per heavy atom. The van der Waals surface area contributed by atoms with Gasteiger partial charge in [-0.25, -0.2) is 4.98 Å². The summed E-state index contributed by atoms with van der Waals surface area (Å²) >= 11 is 0. The molecule has 0 bridgehead atoms. The molecule has 6 heteroatoms. The predicted molar refractivity (Wildman–Crippen MR) is 78.5 cm³/mol. The predicted octanol–water partition coefficient (Wildman–Crippen LogP) is 3.01. The van der Waals surface area contributed by atoms with E-state index in [0.717, 1.165) is 16.9 Å². The number of nitrogens with zero attached hydrogens (tertiary/aromatic N) is 4. The normalized spacial score (nSPS) is 12.1. The van der Waals surface area contributed by atoms with Crippen LogP contribution in [0.15, 0.2) is 47.4 Å². The van der Waals surface area contributed by atoms with E-state index in [1.165, 1.54) is 0 Å². The van der Waals surface area contributed by atoms with E-state index < -0.39 is 0 Å². The zero-order valence-corrected chi connectivity index (χ0v) is 11.8. The Bertz CT molecular complexity index is 708. The van der Waals surface area contributed by atoms with Crippen molar-refractivity contribution in [1.29, 1.82) is 0 Å². The van der Waals surface area contributed by atoms with Gasteiger partial charge >= 0.3 is 0 Å². The lowest BCUT2D eigenvalue weighted by atomic mass is 10.1. The van der Waals surface area contributed by atoms with Crippen LogP contribution in [0.1, 0.15) is 24.4 Å². The van der Waals surface area contributed by atoms with Crippen LogP contribution in [0.5, 0.6) is 0 Å². The number of aryl methyl sites for hydroxylation is 1. The maximum absolute atomic E-state index is 4.99. The maximum Gasteiger partial charge on any atom is 0.223 e. The van der Waals surface area contributed by atoms with Gasteiger partial charge in [0.15, 0.2) is 0 Å². The van der Waals surface area contributed by atoms with Crippen LogP contribution in [0.3, 0.4) is 0 Å². The fourth-order valence-electron chi connectivity index (χ4n) is 2.02. The Balaban J connectivity index is 1.74. The minimum absolute atomic E-state index is 0.128. The molecule has 21 heavy (non-hydrogen) atoms. The molecule has 0 saturated carbocycles. The molecule has 2 aromatic heterocycles. The molecule has 1 aromatic carbocycles. The molecule has 0 aliphatic rings. The molecule has 6 nitrogen and oxygen atoms in total. The highest BCUT2D eigenvalue weighted by molar-refractivity contribution is 5.55. The average Bonchev–Trinajstić information content (AvgIpc) is 2.95. The standard InChI is InChI=1S/C15H15N5O/c1-10(18-14-9-16-7-8-17-14)12-3-5-13(6-4-12)15-19-11(2)21-20-15/h3-10H,1-2H3,(H,17,18). The van der Waals surface area contributed by atoms with Crippen molar-refractivity contribution in [3.05, 3.63) is 54.3 Å². The van der Waals surface area contributed by atoms with Crippen LogP contribution in [0.2, 0.25) is 0 Å². The van der Waals surface area contributed by atoms with Gasteiger partial charge in [-0.2, -0.15) is 4.98 Å². The van der Waals surface area contributed by atoms with Gasteiger partial charge in [0.05, 0.1) is 6.20 Å². The number of nitrogens with one attached hydrogen (secondary N) is 1. The molecule has 0 aliphatic carbocycles. The summed E-state index contributed by atoms with van der Waals surface area (Å²) in [6.45, 7) is 3.85. The first-order chi connectivity index (χ1) is 10.2. The van der Waals surface area contributed by atoms with E-state index in [1.807, 2.05) is 24.3 Å². The lowest BCUT2D eigenvalue weighted by Gasteiger charge is -2.14. The molecule has 1 unspecified atom stereocenters. The topological polar surface area (TPSA) is 76.7 Å². The first-order valence-electron chi connectivity index (χ1n) is 6.65. The monoisotopic (exact) mass is 281 g/mol. The maximum atomic E-state index is 4.99. The van der Waals surface area contributed by atoms with Crippen LogP contribution in [-0.2, 0) is 0 Å². The highest BCUT2D eigenvalue weighted by Crippen LogP contribution is 2.21. The van der Waals surface area contributed by atoms with E-state index in [-0.39, 0.29) is 6.04 Å². The van der Waals surface area contributed by atoms with Gasteiger partial charge in [-0.05, 0) is 12.5 Å². The number of hydrogen-bond acceptors (Lipinski definition) is 6. The van der Waals surface area contributed by atoms with E-state index in [1.54, 1.807) is 25.5 Å². The smallest absolute Gasteiger partial charge is 0.223 e. The fraction of sp³-hybridized carbons (Fsp3) is 0.200. The summed E-state index contributed by atoms with van der Waals surface area (Å²) in [5.41, 5.74) is 2.08. The molecule has 2 heterocycles. The molecule has 0 fully saturated rings. The van der Waals surface area contributed by atoms with E-state index in [0.29, 0.717) is 11.7 Å². The van der Waals surface area contributed by atoms with E-state index in [2.05, 4.69) is 32.3 Å². The fourth-order valence-corrected chi connectivity index (χ4v) is 2.02. The molecular formula is C15H15N5O. The number of hydrogen-bond donors (Lipinski definition) is 1. The molecule has 0 amide bonds. The number of anilines is 1. The Hall–Kier alpha value is -2.76. The molecule has 1 N–H and O–H groups in total. The van der Waals surface area contributed by atoms with Crippen molar-refractivity contribution < 1.29 is 4.52 Å². The van der Waals surface area contributed by atoms with Gasteiger partial charge < -0.3 is 9.84 Å². The zero-order valence-electron chi connectivity index (χ0n) is 11.8. The molecule has 0 aliphatic heterocycles. The van der Waals surface area contributed by atoms with Gasteiger partial charge in [-0.15, -0.1) is 0 Å². The van der Waals surface area contributed by atoms with Crippen molar-refractivity contribution in [2.24, 2.45) is 0 Å². The minimum Gasteiger partial charge on any atom is -0.362 e. The second-order valence-electron chi connectivity index (χ2n) is 4.72. The van der Waals surface area contributed by atoms with Crippen molar-refractivity contribution in [3.8, 4) is 11.4 Å². The Morgan fingerprint density at radius 1 is 1.14 bits per heavy atom. The van der Waals surface area contributed by atoms with Crippen molar-refractivity contribution >= 4 is 5.82 Å². The van der Waals surface area contributed by atoms with Crippen LogP contribution < -0.4 is 5.32 Å². The molecule has 0 spiro atoms. The third kappa shape index (κ3) is 3.05. The summed E-state index contributed by atoms with van der Waals surface area (Å²) in [7, 11) is 0. The number of benzene rings is 1. The Morgan fingerprint density at radius 2 is 1.95 bits per heavy atom. The molecule has 0 saturated heterocycles. The molecule has 106 valence electrons. The Labute approximate surface area is 122 Å². The van der Waals surface area contributed by atoms with Gasteiger partial charge in [0, 0.05) is 30.9 Å². The third-order valence-electron chi connectivity index (χ3n) is 3.12. The summed E-state index contributed by atoms with van der Waals surface area (Å²) < 4.78 is 4.99. The minimum atomic E-state index is 0.128. The summed E-state index contributed by atoms with van der Waals surface area (Å²) in [5, 5.41) is 7.21. The van der Waals surface area contributed by atoms with Crippen molar-refractivity contribution in [2.45, 2.75) is 19.9 Å². The highest BCUT2D eigenvalue weighted by atomic mass is 16.5. The van der Waals surface area contributed by atoms with Gasteiger partial charge in [0.25, 0.3) is 0 Å². The second kappa shape index (κ2) is 5.70.